The monoisotopic (exact) mass is 296 g/mol. The zero-order valence-corrected chi connectivity index (χ0v) is 11.4. The van der Waals surface area contributed by atoms with Gasteiger partial charge in [-0.1, -0.05) is 6.07 Å². The number of allylic oxidation sites excluding steroid dienone is 1. The van der Waals surface area contributed by atoms with Gasteiger partial charge in [0, 0.05) is 17.0 Å². The zero-order chi connectivity index (χ0) is 14.8. The number of benzene rings is 1. The highest BCUT2D eigenvalue weighted by Gasteiger charge is 2.12. The molecule has 2 heterocycles. The molecule has 21 heavy (non-hydrogen) atoms. The Morgan fingerprint density at radius 1 is 1.48 bits per heavy atom. The van der Waals surface area contributed by atoms with Crippen LogP contribution in [0.25, 0.3) is 22.7 Å². The number of fused-ring (bicyclic) bond motifs is 1. The number of non-ortho nitro benzene ring substituents is 1. The van der Waals surface area contributed by atoms with Crippen LogP contribution in [0.4, 0.5) is 5.69 Å². The highest BCUT2D eigenvalue weighted by atomic mass is 32.1. The second-order valence-corrected chi connectivity index (χ2v) is 5.21. The van der Waals surface area contributed by atoms with Gasteiger partial charge in [0.1, 0.15) is 11.9 Å². The Bertz CT molecular complexity index is 887. The summed E-state index contributed by atoms with van der Waals surface area (Å²) in [4.78, 5) is 18.5. The number of rotatable bonds is 3. The number of H-pyrrole nitrogens is 1. The first-order valence-electron chi connectivity index (χ1n) is 5.97. The predicted molar refractivity (Wildman–Crippen MR) is 80.6 cm³/mol. The lowest BCUT2D eigenvalue weighted by molar-refractivity contribution is -0.384. The molecule has 0 radical (unpaired) electrons. The van der Waals surface area contributed by atoms with Gasteiger partial charge >= 0.3 is 0 Å². The number of aromatic nitrogens is 2. The number of nitriles is 1. The first-order valence-corrected chi connectivity index (χ1v) is 6.85. The molecule has 2 aromatic heterocycles. The van der Waals surface area contributed by atoms with Gasteiger partial charge in [0.05, 0.1) is 21.5 Å². The van der Waals surface area contributed by atoms with Gasteiger partial charge in [-0.2, -0.15) is 5.26 Å². The van der Waals surface area contributed by atoms with E-state index in [1.807, 2.05) is 17.5 Å². The fraction of sp³-hybridized carbons (Fsp3) is 0. The second-order valence-electron chi connectivity index (χ2n) is 4.23. The van der Waals surface area contributed by atoms with Gasteiger partial charge in [-0.15, -0.1) is 11.3 Å². The number of nitro benzene ring substituents is 1. The summed E-state index contributed by atoms with van der Waals surface area (Å²) in [6, 6.07) is 10.3. The van der Waals surface area contributed by atoms with E-state index in [1.54, 1.807) is 12.1 Å². The summed E-state index contributed by atoms with van der Waals surface area (Å²) in [6.45, 7) is 0. The van der Waals surface area contributed by atoms with E-state index in [2.05, 4.69) is 16.0 Å². The van der Waals surface area contributed by atoms with Crippen LogP contribution in [0.2, 0.25) is 0 Å². The van der Waals surface area contributed by atoms with Crippen LogP contribution in [0, 0.1) is 21.4 Å². The molecule has 7 heteroatoms. The summed E-state index contributed by atoms with van der Waals surface area (Å²) in [5, 5.41) is 21.9. The van der Waals surface area contributed by atoms with Crippen LogP contribution in [-0.4, -0.2) is 14.9 Å². The number of hydrogen-bond acceptors (Lipinski definition) is 5. The number of aromatic amines is 1. The highest BCUT2D eigenvalue weighted by molar-refractivity contribution is 7.10. The molecule has 0 aliphatic carbocycles. The molecule has 0 spiro atoms. The summed E-state index contributed by atoms with van der Waals surface area (Å²) in [5.41, 5.74) is 1.49. The lowest BCUT2D eigenvalue weighted by Crippen LogP contribution is -1.86. The summed E-state index contributed by atoms with van der Waals surface area (Å²) < 4.78 is 0. The number of nitrogens with zero attached hydrogens (tertiary/aromatic N) is 3. The van der Waals surface area contributed by atoms with E-state index < -0.39 is 4.92 Å². The van der Waals surface area contributed by atoms with E-state index >= 15 is 0 Å². The number of nitro groups is 1. The Hall–Kier alpha value is -2.98. The van der Waals surface area contributed by atoms with Crippen LogP contribution in [0.15, 0.2) is 35.7 Å². The van der Waals surface area contributed by atoms with E-state index in [4.69, 9.17) is 0 Å². The maximum Gasteiger partial charge on any atom is 0.271 e. The van der Waals surface area contributed by atoms with Crippen molar-refractivity contribution >= 4 is 39.7 Å². The molecular formula is C14H8N4O2S. The van der Waals surface area contributed by atoms with Crippen molar-refractivity contribution < 1.29 is 4.92 Å². The lowest BCUT2D eigenvalue weighted by atomic mass is 10.2. The normalized spacial score (nSPS) is 11.5. The molecule has 0 aliphatic heterocycles. The SMILES string of the molecule is N#C/C(=C\c1cccs1)c1nc2ccc([N+](=O)[O-])cc2[nH]1. The Morgan fingerprint density at radius 2 is 2.33 bits per heavy atom. The predicted octanol–water partition coefficient (Wildman–Crippen LogP) is 3.60. The number of hydrogen-bond donors (Lipinski definition) is 1. The Labute approximate surface area is 123 Å². The zero-order valence-electron chi connectivity index (χ0n) is 10.6. The molecule has 3 rings (SSSR count). The van der Waals surface area contributed by atoms with Crippen molar-refractivity contribution in [3.05, 3.63) is 56.5 Å². The van der Waals surface area contributed by atoms with Gasteiger partial charge in [0.2, 0.25) is 0 Å². The highest BCUT2D eigenvalue weighted by Crippen LogP contribution is 2.23. The van der Waals surface area contributed by atoms with Crippen LogP contribution in [0.3, 0.4) is 0 Å². The van der Waals surface area contributed by atoms with Crippen LogP contribution in [0.1, 0.15) is 10.7 Å². The summed E-state index contributed by atoms with van der Waals surface area (Å²) in [6.07, 6.45) is 1.73. The number of nitrogens with one attached hydrogen (secondary N) is 1. The van der Waals surface area contributed by atoms with E-state index in [9.17, 15) is 15.4 Å². The van der Waals surface area contributed by atoms with E-state index in [0.29, 0.717) is 22.4 Å². The second kappa shape index (κ2) is 5.19. The first-order chi connectivity index (χ1) is 10.2. The largest absolute Gasteiger partial charge is 0.337 e. The minimum atomic E-state index is -0.466. The molecule has 0 saturated heterocycles. The third-order valence-electron chi connectivity index (χ3n) is 2.88. The third kappa shape index (κ3) is 2.52. The topological polar surface area (TPSA) is 95.6 Å². The van der Waals surface area contributed by atoms with E-state index in [-0.39, 0.29) is 5.69 Å². The van der Waals surface area contributed by atoms with Gasteiger partial charge < -0.3 is 4.98 Å². The van der Waals surface area contributed by atoms with Crippen molar-refractivity contribution in [2.75, 3.05) is 0 Å². The van der Waals surface area contributed by atoms with Crippen molar-refractivity contribution in [2.45, 2.75) is 0 Å². The molecule has 0 saturated carbocycles. The Kier molecular flexibility index (Phi) is 3.22. The van der Waals surface area contributed by atoms with E-state index in [0.717, 1.165) is 4.88 Å². The number of thiophene rings is 1. The van der Waals surface area contributed by atoms with Crippen LogP contribution < -0.4 is 0 Å². The molecule has 3 aromatic rings. The van der Waals surface area contributed by atoms with Gasteiger partial charge in [0.25, 0.3) is 5.69 Å². The maximum absolute atomic E-state index is 10.8. The fourth-order valence-corrected chi connectivity index (χ4v) is 2.57. The molecule has 6 nitrogen and oxygen atoms in total. The standard InChI is InChI=1S/C14H8N4O2S/c15-8-9(6-11-2-1-5-21-11)14-16-12-4-3-10(18(19)20)7-13(12)17-14/h1-7H,(H,16,17)/b9-6+. The molecule has 0 bridgehead atoms. The van der Waals surface area contributed by atoms with Gasteiger partial charge in [0.15, 0.2) is 0 Å². The first kappa shape index (κ1) is 13.0. The summed E-state index contributed by atoms with van der Waals surface area (Å²) in [5.74, 6) is 0.404. The minimum absolute atomic E-state index is 0.0153. The molecule has 0 atom stereocenters. The van der Waals surface area contributed by atoms with E-state index in [1.165, 1.54) is 23.5 Å². The summed E-state index contributed by atoms with van der Waals surface area (Å²) >= 11 is 1.52. The molecule has 0 fully saturated rings. The average molecular weight is 296 g/mol. The van der Waals surface area contributed by atoms with Crippen LogP contribution >= 0.6 is 11.3 Å². The smallest absolute Gasteiger partial charge is 0.271 e. The molecule has 1 N–H and O–H groups in total. The molecule has 102 valence electrons. The fourth-order valence-electron chi connectivity index (χ4n) is 1.91. The van der Waals surface area contributed by atoms with Crippen molar-refractivity contribution in [1.29, 1.82) is 5.26 Å². The van der Waals surface area contributed by atoms with Crippen LogP contribution in [-0.2, 0) is 0 Å². The molecular weight excluding hydrogens is 288 g/mol. The quantitative estimate of drug-likeness (QED) is 0.453. The Morgan fingerprint density at radius 3 is 3.00 bits per heavy atom. The van der Waals surface area contributed by atoms with Crippen molar-refractivity contribution in [2.24, 2.45) is 0 Å². The Balaban J connectivity index is 2.08. The molecule has 0 unspecified atom stereocenters. The average Bonchev–Trinajstić information content (AvgIpc) is 3.12. The van der Waals surface area contributed by atoms with Gasteiger partial charge in [-0.3, -0.25) is 10.1 Å². The van der Waals surface area contributed by atoms with Crippen molar-refractivity contribution in [3.8, 4) is 6.07 Å². The van der Waals surface area contributed by atoms with Crippen LogP contribution in [0.5, 0.6) is 0 Å². The molecule has 0 aliphatic rings. The molecule has 1 aromatic carbocycles. The number of imidazole rings is 1. The lowest BCUT2D eigenvalue weighted by Gasteiger charge is -1.91. The van der Waals surface area contributed by atoms with Crippen molar-refractivity contribution in [3.63, 3.8) is 0 Å². The van der Waals surface area contributed by atoms with Crippen molar-refractivity contribution in [1.82, 2.24) is 9.97 Å². The van der Waals surface area contributed by atoms with Gasteiger partial charge in [-0.25, -0.2) is 4.98 Å². The van der Waals surface area contributed by atoms with Gasteiger partial charge in [-0.05, 0) is 23.6 Å². The third-order valence-corrected chi connectivity index (χ3v) is 3.70. The maximum atomic E-state index is 10.8. The molecule has 0 amide bonds. The summed E-state index contributed by atoms with van der Waals surface area (Å²) in [7, 11) is 0. The minimum Gasteiger partial charge on any atom is -0.337 e.